The molecule has 0 N–H and O–H groups in total. The van der Waals surface area contributed by atoms with E-state index in [0.29, 0.717) is 54.2 Å². The highest BCUT2D eigenvalue weighted by molar-refractivity contribution is 7.99. The Kier molecular flexibility index (Phi) is 6.33. The molecule has 0 radical (unpaired) electrons. The zero-order valence-electron chi connectivity index (χ0n) is 16.1. The summed E-state index contributed by atoms with van der Waals surface area (Å²) in [5.74, 6) is -0.414. The molecule has 150 valence electrons. The molecule has 0 aliphatic carbocycles. The number of hydrogen-bond donors (Lipinski definition) is 0. The Morgan fingerprint density at radius 3 is 2.46 bits per heavy atom. The fourth-order valence-electron chi connectivity index (χ4n) is 3.08. The SMILES string of the molecule is Cc1nc(N(C)C)cc(N2CCN(C(=O)c3ccccc3SC(F)F)CC2)n1. The molecule has 0 spiro atoms. The van der Waals surface area contributed by atoms with E-state index in [1.165, 1.54) is 0 Å². The maximum atomic E-state index is 12.9. The van der Waals surface area contributed by atoms with Gasteiger partial charge in [-0.3, -0.25) is 4.79 Å². The number of rotatable bonds is 5. The Balaban J connectivity index is 1.70. The Bertz CT molecular complexity index is 841. The Morgan fingerprint density at radius 2 is 1.82 bits per heavy atom. The fourth-order valence-corrected chi connectivity index (χ4v) is 3.71. The quantitative estimate of drug-likeness (QED) is 0.710. The van der Waals surface area contributed by atoms with Gasteiger partial charge in [0.15, 0.2) is 0 Å². The van der Waals surface area contributed by atoms with Crippen molar-refractivity contribution in [2.45, 2.75) is 17.6 Å². The molecule has 0 atom stereocenters. The zero-order chi connectivity index (χ0) is 20.3. The van der Waals surface area contributed by atoms with Crippen molar-refractivity contribution in [2.75, 3.05) is 50.1 Å². The molecule has 1 aliphatic heterocycles. The molecule has 1 fully saturated rings. The highest BCUT2D eigenvalue weighted by Crippen LogP contribution is 2.29. The highest BCUT2D eigenvalue weighted by atomic mass is 32.2. The number of aryl methyl sites for hydroxylation is 1. The third kappa shape index (κ3) is 4.70. The zero-order valence-corrected chi connectivity index (χ0v) is 16.9. The molecular weight excluding hydrogens is 384 g/mol. The van der Waals surface area contributed by atoms with Gasteiger partial charge in [0, 0.05) is 51.2 Å². The summed E-state index contributed by atoms with van der Waals surface area (Å²) in [6.45, 7) is 4.12. The fraction of sp³-hybridized carbons (Fsp3) is 0.421. The summed E-state index contributed by atoms with van der Waals surface area (Å²) in [7, 11) is 3.86. The van der Waals surface area contributed by atoms with Gasteiger partial charge in [-0.25, -0.2) is 9.97 Å². The van der Waals surface area contributed by atoms with Crippen LogP contribution in [0.3, 0.4) is 0 Å². The molecule has 1 amide bonds. The van der Waals surface area contributed by atoms with Crippen LogP contribution in [-0.2, 0) is 0 Å². The maximum Gasteiger partial charge on any atom is 0.288 e. The Hall–Kier alpha value is -2.42. The average Bonchev–Trinajstić information content (AvgIpc) is 2.67. The van der Waals surface area contributed by atoms with Crippen LogP contribution in [0.2, 0.25) is 0 Å². The molecule has 3 rings (SSSR count). The van der Waals surface area contributed by atoms with Crippen molar-refractivity contribution >= 4 is 29.3 Å². The third-order valence-electron chi connectivity index (χ3n) is 4.49. The van der Waals surface area contributed by atoms with Gasteiger partial charge in [0.2, 0.25) is 0 Å². The van der Waals surface area contributed by atoms with Crippen molar-refractivity contribution in [3.63, 3.8) is 0 Å². The highest BCUT2D eigenvalue weighted by Gasteiger charge is 2.25. The molecule has 0 unspecified atom stereocenters. The second-order valence-electron chi connectivity index (χ2n) is 6.68. The lowest BCUT2D eigenvalue weighted by Gasteiger charge is -2.36. The van der Waals surface area contributed by atoms with E-state index in [4.69, 9.17) is 0 Å². The third-order valence-corrected chi connectivity index (χ3v) is 5.28. The monoisotopic (exact) mass is 407 g/mol. The minimum atomic E-state index is -2.56. The van der Waals surface area contributed by atoms with E-state index in [1.54, 1.807) is 29.2 Å². The summed E-state index contributed by atoms with van der Waals surface area (Å²) in [5, 5.41) is 0. The molecule has 9 heteroatoms. The van der Waals surface area contributed by atoms with Crippen LogP contribution in [0.4, 0.5) is 20.4 Å². The summed E-state index contributed by atoms with van der Waals surface area (Å²) in [6, 6.07) is 8.47. The van der Waals surface area contributed by atoms with E-state index in [1.807, 2.05) is 32.0 Å². The van der Waals surface area contributed by atoms with Crippen molar-refractivity contribution < 1.29 is 13.6 Å². The standard InChI is InChI=1S/C19H23F2N5OS/c1-13-22-16(24(2)3)12-17(23-13)25-8-10-26(11-9-25)18(27)14-6-4-5-7-15(14)28-19(20)21/h4-7,12,19H,8-11H2,1-3H3. The number of nitrogens with zero attached hydrogens (tertiary/aromatic N) is 5. The van der Waals surface area contributed by atoms with Crippen LogP contribution >= 0.6 is 11.8 Å². The number of carbonyl (C=O) groups is 1. The molecular formula is C19H23F2N5OS. The van der Waals surface area contributed by atoms with Crippen LogP contribution in [0, 0.1) is 6.92 Å². The summed E-state index contributed by atoms with van der Waals surface area (Å²) in [6.07, 6.45) is 0. The predicted octanol–water partition coefficient (Wildman–Crippen LogP) is 3.13. The first-order valence-electron chi connectivity index (χ1n) is 8.96. The minimum absolute atomic E-state index is 0.212. The molecule has 2 heterocycles. The van der Waals surface area contributed by atoms with Gasteiger partial charge in [-0.05, 0) is 19.1 Å². The first-order valence-corrected chi connectivity index (χ1v) is 9.84. The number of aromatic nitrogens is 2. The van der Waals surface area contributed by atoms with Crippen molar-refractivity contribution in [1.29, 1.82) is 0 Å². The normalized spacial score (nSPS) is 14.5. The lowest BCUT2D eigenvalue weighted by atomic mass is 10.2. The summed E-state index contributed by atoms with van der Waals surface area (Å²) < 4.78 is 25.6. The molecule has 6 nitrogen and oxygen atoms in total. The van der Waals surface area contributed by atoms with Crippen molar-refractivity contribution in [3.05, 3.63) is 41.7 Å². The first-order chi connectivity index (χ1) is 13.3. The van der Waals surface area contributed by atoms with Crippen LogP contribution in [0.25, 0.3) is 0 Å². The van der Waals surface area contributed by atoms with Gasteiger partial charge in [0.1, 0.15) is 17.5 Å². The van der Waals surface area contributed by atoms with Gasteiger partial charge in [-0.1, -0.05) is 23.9 Å². The number of alkyl halides is 2. The molecule has 28 heavy (non-hydrogen) atoms. The smallest absolute Gasteiger partial charge is 0.288 e. The van der Waals surface area contributed by atoms with Gasteiger partial charge < -0.3 is 14.7 Å². The largest absolute Gasteiger partial charge is 0.363 e. The second-order valence-corrected chi connectivity index (χ2v) is 7.71. The van der Waals surface area contributed by atoms with E-state index in [2.05, 4.69) is 14.9 Å². The van der Waals surface area contributed by atoms with E-state index < -0.39 is 5.76 Å². The molecule has 0 bridgehead atoms. The maximum absolute atomic E-state index is 12.9. The number of thioether (sulfide) groups is 1. The number of carbonyl (C=O) groups excluding carboxylic acids is 1. The number of amides is 1. The number of halogens is 2. The molecule has 1 aliphatic rings. The van der Waals surface area contributed by atoms with Crippen molar-refractivity contribution in [2.24, 2.45) is 0 Å². The van der Waals surface area contributed by atoms with Gasteiger partial charge in [0.05, 0.1) is 5.56 Å². The van der Waals surface area contributed by atoms with Gasteiger partial charge >= 0.3 is 0 Å². The van der Waals surface area contributed by atoms with E-state index in [-0.39, 0.29) is 5.91 Å². The van der Waals surface area contributed by atoms with E-state index >= 15 is 0 Å². The summed E-state index contributed by atoms with van der Waals surface area (Å²) in [5.41, 5.74) is 0.328. The van der Waals surface area contributed by atoms with Crippen LogP contribution in [-0.4, -0.2) is 66.8 Å². The number of hydrogen-bond acceptors (Lipinski definition) is 6. The number of anilines is 2. The first kappa shape index (κ1) is 20.3. The number of benzene rings is 1. The molecule has 1 aromatic carbocycles. The number of piperazine rings is 1. The van der Waals surface area contributed by atoms with E-state index in [0.717, 1.165) is 11.6 Å². The van der Waals surface area contributed by atoms with Crippen LogP contribution in [0.15, 0.2) is 35.2 Å². The molecule has 1 aromatic heterocycles. The van der Waals surface area contributed by atoms with Crippen LogP contribution < -0.4 is 9.80 Å². The van der Waals surface area contributed by atoms with Gasteiger partial charge in [0.25, 0.3) is 11.7 Å². The van der Waals surface area contributed by atoms with Gasteiger partial charge in [-0.15, -0.1) is 0 Å². The molecule has 2 aromatic rings. The minimum Gasteiger partial charge on any atom is -0.363 e. The summed E-state index contributed by atoms with van der Waals surface area (Å²) >= 11 is 0.408. The second kappa shape index (κ2) is 8.72. The lowest BCUT2D eigenvalue weighted by Crippen LogP contribution is -2.49. The van der Waals surface area contributed by atoms with Crippen molar-refractivity contribution in [3.8, 4) is 0 Å². The van der Waals surface area contributed by atoms with Gasteiger partial charge in [-0.2, -0.15) is 8.78 Å². The van der Waals surface area contributed by atoms with E-state index in [9.17, 15) is 13.6 Å². The summed E-state index contributed by atoms with van der Waals surface area (Å²) in [4.78, 5) is 27.8. The van der Waals surface area contributed by atoms with Crippen LogP contribution in [0.5, 0.6) is 0 Å². The van der Waals surface area contributed by atoms with Crippen LogP contribution in [0.1, 0.15) is 16.2 Å². The molecule has 0 saturated carbocycles. The predicted molar refractivity (Wildman–Crippen MR) is 108 cm³/mol. The Labute approximate surface area is 167 Å². The lowest BCUT2D eigenvalue weighted by molar-refractivity contribution is 0.0743. The topological polar surface area (TPSA) is 52.6 Å². The Morgan fingerprint density at radius 1 is 1.14 bits per heavy atom. The van der Waals surface area contributed by atoms with Crippen molar-refractivity contribution in [1.82, 2.24) is 14.9 Å². The molecule has 1 saturated heterocycles. The average molecular weight is 407 g/mol.